The average molecular weight is 417 g/mol. The molecule has 0 aliphatic carbocycles. The minimum absolute atomic E-state index is 0.0570. The molecular weight excluding hydrogens is 384 g/mol. The van der Waals surface area contributed by atoms with Crippen LogP contribution in [0.15, 0.2) is 18.2 Å². The molecule has 0 saturated carbocycles. The van der Waals surface area contributed by atoms with Gasteiger partial charge in [-0.25, -0.2) is 0 Å². The third-order valence-electron chi connectivity index (χ3n) is 5.45. The van der Waals surface area contributed by atoms with Crippen LogP contribution >= 0.6 is 0 Å². The lowest BCUT2D eigenvalue weighted by Crippen LogP contribution is -2.47. The molecule has 0 bridgehead atoms. The monoisotopic (exact) mass is 416 g/mol. The Morgan fingerprint density at radius 3 is 2.60 bits per heavy atom. The molecule has 1 unspecified atom stereocenters. The van der Waals surface area contributed by atoms with E-state index in [4.69, 9.17) is 4.74 Å². The summed E-state index contributed by atoms with van der Waals surface area (Å²) < 4.78 is 5.06. The van der Waals surface area contributed by atoms with Gasteiger partial charge in [-0.2, -0.15) is 0 Å². The normalized spacial score (nSPS) is 16.1. The zero-order chi connectivity index (χ0) is 22.3. The Kier molecular flexibility index (Phi) is 8.57. The molecule has 1 aromatic rings. The van der Waals surface area contributed by atoms with Crippen LogP contribution in [-0.4, -0.2) is 66.7 Å². The van der Waals surface area contributed by atoms with E-state index in [1.165, 1.54) is 4.90 Å². The highest BCUT2D eigenvalue weighted by atomic mass is 16.5. The molecule has 0 spiro atoms. The van der Waals surface area contributed by atoms with E-state index in [0.29, 0.717) is 31.7 Å². The molecular formula is C23H32N2O5. The fourth-order valence-corrected chi connectivity index (χ4v) is 3.63. The molecule has 164 valence electrons. The van der Waals surface area contributed by atoms with Crippen molar-refractivity contribution in [3.63, 3.8) is 0 Å². The highest BCUT2D eigenvalue weighted by Gasteiger charge is 2.30. The van der Waals surface area contributed by atoms with Crippen molar-refractivity contribution in [2.45, 2.75) is 46.5 Å². The Hall–Kier alpha value is -2.70. The third-order valence-corrected chi connectivity index (χ3v) is 5.45. The predicted octanol–water partition coefficient (Wildman–Crippen LogP) is 2.53. The summed E-state index contributed by atoms with van der Waals surface area (Å²) in [5.41, 5.74) is 2.53. The van der Waals surface area contributed by atoms with E-state index in [0.717, 1.165) is 17.5 Å². The molecule has 1 aliphatic rings. The Bertz CT molecular complexity index is 805. The number of likely N-dealkylation sites (tertiary alicyclic amines) is 1. The fraction of sp³-hybridized carbons (Fsp3) is 0.565. The molecule has 1 aliphatic heterocycles. The van der Waals surface area contributed by atoms with E-state index in [-0.39, 0.29) is 48.9 Å². The molecule has 1 saturated heterocycles. The molecule has 7 heteroatoms. The smallest absolute Gasteiger partial charge is 0.310 e. The quantitative estimate of drug-likeness (QED) is 0.480. The molecule has 0 radical (unpaired) electrons. The summed E-state index contributed by atoms with van der Waals surface area (Å²) in [6.07, 6.45) is 1.60. The summed E-state index contributed by atoms with van der Waals surface area (Å²) in [7, 11) is 1.56. The molecule has 0 aromatic heterocycles. The van der Waals surface area contributed by atoms with Gasteiger partial charge in [0.05, 0.1) is 19.1 Å². The Morgan fingerprint density at radius 1 is 1.17 bits per heavy atom. The fourth-order valence-electron chi connectivity index (χ4n) is 3.63. The maximum atomic E-state index is 12.6. The lowest BCUT2D eigenvalue weighted by Gasteiger charge is -2.32. The standard InChI is InChI=1S/C23H32N2O5/c1-5-30-23(29)18-7-6-12-25(14-18)22(28)15-24(4)21(27)11-10-20(26)19-13-16(2)8-9-17(19)3/h8-9,13,18H,5-7,10-12,14-15H2,1-4H3. The number of amides is 2. The van der Waals surface area contributed by atoms with Crippen LogP contribution in [0.3, 0.4) is 0 Å². The van der Waals surface area contributed by atoms with Gasteiger partial charge in [0, 0.05) is 38.5 Å². The van der Waals surface area contributed by atoms with E-state index >= 15 is 0 Å². The first-order valence-corrected chi connectivity index (χ1v) is 10.5. The number of rotatable bonds is 8. The molecule has 1 heterocycles. The summed E-state index contributed by atoms with van der Waals surface area (Å²) in [5, 5.41) is 0. The number of carbonyl (C=O) groups excluding carboxylic acids is 4. The third kappa shape index (κ3) is 6.40. The van der Waals surface area contributed by atoms with Crippen molar-refractivity contribution in [3.05, 3.63) is 34.9 Å². The van der Waals surface area contributed by atoms with Crippen LogP contribution in [0.1, 0.15) is 54.1 Å². The zero-order valence-corrected chi connectivity index (χ0v) is 18.4. The van der Waals surface area contributed by atoms with Crippen LogP contribution in [0, 0.1) is 19.8 Å². The van der Waals surface area contributed by atoms with Gasteiger partial charge < -0.3 is 14.5 Å². The van der Waals surface area contributed by atoms with Crippen molar-refractivity contribution in [3.8, 4) is 0 Å². The van der Waals surface area contributed by atoms with Crippen LogP contribution in [-0.2, 0) is 19.1 Å². The number of piperidine rings is 1. The van der Waals surface area contributed by atoms with Gasteiger partial charge >= 0.3 is 5.97 Å². The first-order chi connectivity index (χ1) is 14.2. The number of ketones is 1. The Labute approximate surface area is 178 Å². The van der Waals surface area contributed by atoms with Crippen molar-refractivity contribution in [1.82, 2.24) is 9.80 Å². The van der Waals surface area contributed by atoms with Gasteiger partial charge in [-0.05, 0) is 45.2 Å². The zero-order valence-electron chi connectivity index (χ0n) is 18.4. The number of hydrogen-bond acceptors (Lipinski definition) is 5. The van der Waals surface area contributed by atoms with Gasteiger partial charge in [-0.3, -0.25) is 19.2 Å². The van der Waals surface area contributed by atoms with Crippen LogP contribution in [0.25, 0.3) is 0 Å². The molecule has 30 heavy (non-hydrogen) atoms. The van der Waals surface area contributed by atoms with Crippen LogP contribution in [0.5, 0.6) is 0 Å². The van der Waals surface area contributed by atoms with E-state index in [9.17, 15) is 19.2 Å². The molecule has 2 amide bonds. The first kappa shape index (κ1) is 23.6. The minimum Gasteiger partial charge on any atom is -0.466 e. The lowest BCUT2D eigenvalue weighted by atomic mass is 9.98. The van der Waals surface area contributed by atoms with E-state index in [1.807, 2.05) is 32.0 Å². The summed E-state index contributed by atoms with van der Waals surface area (Å²) in [4.78, 5) is 52.4. The van der Waals surface area contributed by atoms with Crippen LogP contribution in [0.4, 0.5) is 0 Å². The summed E-state index contributed by atoms with van der Waals surface area (Å²) in [6.45, 7) is 6.71. The van der Waals surface area contributed by atoms with Crippen LogP contribution < -0.4 is 0 Å². The van der Waals surface area contributed by atoms with Gasteiger partial charge in [0.25, 0.3) is 0 Å². The first-order valence-electron chi connectivity index (χ1n) is 10.5. The van der Waals surface area contributed by atoms with Gasteiger partial charge in [0.15, 0.2) is 5.78 Å². The van der Waals surface area contributed by atoms with Crippen molar-refractivity contribution < 1.29 is 23.9 Å². The lowest BCUT2D eigenvalue weighted by molar-refractivity contribution is -0.152. The number of hydrogen-bond donors (Lipinski definition) is 0. The maximum absolute atomic E-state index is 12.6. The molecule has 1 fully saturated rings. The number of likely N-dealkylation sites (N-methyl/N-ethyl adjacent to an activating group) is 1. The topological polar surface area (TPSA) is 84.0 Å². The largest absolute Gasteiger partial charge is 0.466 e. The maximum Gasteiger partial charge on any atom is 0.310 e. The highest BCUT2D eigenvalue weighted by Crippen LogP contribution is 2.18. The Balaban J connectivity index is 1.84. The van der Waals surface area contributed by atoms with Gasteiger partial charge in [0.1, 0.15) is 0 Å². The van der Waals surface area contributed by atoms with E-state index in [2.05, 4.69) is 0 Å². The average Bonchev–Trinajstić information content (AvgIpc) is 2.73. The minimum atomic E-state index is -0.307. The van der Waals surface area contributed by atoms with E-state index in [1.54, 1.807) is 18.9 Å². The predicted molar refractivity (Wildman–Crippen MR) is 113 cm³/mol. The highest BCUT2D eigenvalue weighted by molar-refractivity contribution is 5.99. The van der Waals surface area contributed by atoms with Crippen molar-refractivity contribution >= 4 is 23.6 Å². The number of benzene rings is 1. The molecule has 2 rings (SSSR count). The van der Waals surface area contributed by atoms with Crippen molar-refractivity contribution in [2.24, 2.45) is 5.92 Å². The number of esters is 1. The second-order valence-corrected chi connectivity index (χ2v) is 7.92. The van der Waals surface area contributed by atoms with Crippen molar-refractivity contribution in [2.75, 3.05) is 33.3 Å². The second kappa shape index (κ2) is 10.9. The van der Waals surface area contributed by atoms with Gasteiger partial charge in [-0.15, -0.1) is 0 Å². The van der Waals surface area contributed by atoms with Gasteiger partial charge in [-0.1, -0.05) is 17.7 Å². The SMILES string of the molecule is CCOC(=O)C1CCCN(C(=O)CN(C)C(=O)CCC(=O)c2cc(C)ccc2C)C1. The molecule has 1 atom stereocenters. The van der Waals surface area contributed by atoms with Gasteiger partial charge in [0.2, 0.25) is 11.8 Å². The Morgan fingerprint density at radius 2 is 1.90 bits per heavy atom. The molecule has 1 aromatic carbocycles. The second-order valence-electron chi connectivity index (χ2n) is 7.92. The number of ether oxygens (including phenoxy) is 1. The number of carbonyl (C=O) groups is 4. The van der Waals surface area contributed by atoms with E-state index < -0.39 is 0 Å². The van der Waals surface area contributed by atoms with Crippen molar-refractivity contribution in [1.29, 1.82) is 0 Å². The van der Waals surface area contributed by atoms with Crippen LogP contribution in [0.2, 0.25) is 0 Å². The number of nitrogens with zero attached hydrogens (tertiary/aromatic N) is 2. The summed E-state index contributed by atoms with van der Waals surface area (Å²) in [6, 6.07) is 5.69. The summed E-state index contributed by atoms with van der Waals surface area (Å²) in [5.74, 6) is -1.09. The summed E-state index contributed by atoms with van der Waals surface area (Å²) >= 11 is 0. The number of aryl methyl sites for hydroxylation is 2. The molecule has 7 nitrogen and oxygen atoms in total. The number of Topliss-reactive ketones (excluding diaryl/α,β-unsaturated/α-hetero) is 1. The molecule has 0 N–H and O–H groups in total.